The van der Waals surface area contributed by atoms with E-state index in [0.29, 0.717) is 10.6 Å². The molecule has 0 spiro atoms. The molecule has 0 bridgehead atoms. The Balaban J connectivity index is 1.43. The molecule has 1 aromatic heterocycles. The van der Waals surface area contributed by atoms with Crippen LogP contribution in [0.15, 0.2) is 97.3 Å². The highest BCUT2D eigenvalue weighted by atomic mass is 35.5. The van der Waals surface area contributed by atoms with Crippen molar-refractivity contribution in [2.24, 2.45) is 0 Å². The fourth-order valence-electron chi connectivity index (χ4n) is 4.46. The molecule has 1 unspecified atom stereocenters. The van der Waals surface area contributed by atoms with Crippen LogP contribution in [0.1, 0.15) is 34.8 Å². The van der Waals surface area contributed by atoms with Crippen LogP contribution >= 0.6 is 11.6 Å². The number of halogens is 1. The van der Waals surface area contributed by atoms with Crippen LogP contribution in [-0.2, 0) is 0 Å². The number of rotatable bonds is 4. The van der Waals surface area contributed by atoms with Gasteiger partial charge in [0.1, 0.15) is 0 Å². The molecule has 2 heterocycles. The lowest BCUT2D eigenvalue weighted by Gasteiger charge is -2.25. The lowest BCUT2D eigenvalue weighted by molar-refractivity contribution is 0.0735. The van der Waals surface area contributed by atoms with Gasteiger partial charge in [-0.1, -0.05) is 66.2 Å². The number of nitrogens with zero attached hydrogens (tertiary/aromatic N) is 2. The molecule has 1 amide bonds. The number of pyridine rings is 1. The van der Waals surface area contributed by atoms with Crippen molar-refractivity contribution in [2.75, 3.05) is 6.54 Å². The summed E-state index contributed by atoms with van der Waals surface area (Å²) in [7, 11) is 0. The molecule has 1 saturated heterocycles. The Morgan fingerprint density at radius 1 is 0.844 bits per heavy atom. The zero-order valence-corrected chi connectivity index (χ0v) is 18.4. The molecule has 3 aromatic carbocycles. The molecule has 3 nitrogen and oxygen atoms in total. The highest BCUT2D eigenvalue weighted by Gasteiger charge is 2.30. The topological polar surface area (TPSA) is 33.2 Å². The smallest absolute Gasteiger partial charge is 0.254 e. The van der Waals surface area contributed by atoms with E-state index < -0.39 is 0 Å². The Hall–Kier alpha value is -3.43. The third kappa shape index (κ3) is 4.04. The number of hydrogen-bond donors (Lipinski definition) is 0. The van der Waals surface area contributed by atoms with E-state index in [4.69, 9.17) is 11.6 Å². The van der Waals surface area contributed by atoms with Gasteiger partial charge < -0.3 is 4.90 Å². The first kappa shape index (κ1) is 20.5. The Morgan fingerprint density at radius 3 is 2.28 bits per heavy atom. The summed E-state index contributed by atoms with van der Waals surface area (Å²) in [6, 6.07) is 28.2. The number of carbonyl (C=O) groups excluding carboxylic acids is 1. The summed E-state index contributed by atoms with van der Waals surface area (Å²) in [5, 5.41) is 0.640. The number of carbonyl (C=O) groups is 1. The van der Waals surface area contributed by atoms with E-state index in [0.717, 1.165) is 41.6 Å². The van der Waals surface area contributed by atoms with Crippen LogP contribution in [0.5, 0.6) is 0 Å². The SMILES string of the molecule is O=C(c1ccc(Cl)c(-c2ccc(-c3ccccc3)cc2)c1)N1CCCC1c1ccncc1. The van der Waals surface area contributed by atoms with Crippen LogP contribution in [0, 0.1) is 0 Å². The number of aromatic nitrogens is 1. The number of amides is 1. The second-order valence-corrected chi connectivity index (χ2v) is 8.48. The van der Waals surface area contributed by atoms with Crippen molar-refractivity contribution in [3.05, 3.63) is 113 Å². The fourth-order valence-corrected chi connectivity index (χ4v) is 4.69. The monoisotopic (exact) mass is 438 g/mol. The van der Waals surface area contributed by atoms with Crippen LogP contribution in [0.4, 0.5) is 0 Å². The van der Waals surface area contributed by atoms with Crippen LogP contribution in [0.25, 0.3) is 22.3 Å². The quantitative estimate of drug-likeness (QED) is 0.342. The van der Waals surface area contributed by atoms with Crippen molar-refractivity contribution in [2.45, 2.75) is 18.9 Å². The highest BCUT2D eigenvalue weighted by molar-refractivity contribution is 6.33. The minimum absolute atomic E-state index is 0.0446. The minimum Gasteiger partial charge on any atom is -0.332 e. The molecule has 5 rings (SSSR count). The fraction of sp³-hybridized carbons (Fsp3) is 0.143. The second kappa shape index (κ2) is 8.97. The van der Waals surface area contributed by atoms with E-state index in [2.05, 4.69) is 41.4 Å². The summed E-state index contributed by atoms with van der Waals surface area (Å²) in [4.78, 5) is 19.5. The molecule has 1 aliphatic heterocycles. The maximum absolute atomic E-state index is 13.4. The van der Waals surface area contributed by atoms with Gasteiger partial charge >= 0.3 is 0 Å². The first-order valence-electron chi connectivity index (χ1n) is 10.9. The number of benzene rings is 3. The third-order valence-corrected chi connectivity index (χ3v) is 6.45. The van der Waals surface area contributed by atoms with Gasteiger partial charge in [-0.15, -0.1) is 0 Å². The van der Waals surface area contributed by atoms with Gasteiger partial charge in [0.2, 0.25) is 0 Å². The van der Waals surface area contributed by atoms with Gasteiger partial charge in [-0.25, -0.2) is 0 Å². The zero-order valence-electron chi connectivity index (χ0n) is 17.6. The van der Waals surface area contributed by atoms with Gasteiger partial charge in [-0.05, 0) is 65.4 Å². The van der Waals surface area contributed by atoms with Gasteiger partial charge in [0, 0.05) is 35.1 Å². The Morgan fingerprint density at radius 2 is 1.53 bits per heavy atom. The van der Waals surface area contributed by atoms with Gasteiger partial charge in [0.25, 0.3) is 5.91 Å². The molecule has 4 heteroatoms. The van der Waals surface area contributed by atoms with Gasteiger partial charge in [-0.2, -0.15) is 0 Å². The summed E-state index contributed by atoms with van der Waals surface area (Å²) in [6.07, 6.45) is 5.54. The molecule has 4 aromatic rings. The summed E-state index contributed by atoms with van der Waals surface area (Å²) in [6.45, 7) is 0.759. The van der Waals surface area contributed by atoms with Crippen molar-refractivity contribution < 1.29 is 4.79 Å². The summed E-state index contributed by atoms with van der Waals surface area (Å²) < 4.78 is 0. The van der Waals surface area contributed by atoms with Crippen molar-refractivity contribution in [3.63, 3.8) is 0 Å². The summed E-state index contributed by atoms with van der Waals surface area (Å²) in [5.74, 6) is 0.0446. The Labute approximate surface area is 193 Å². The summed E-state index contributed by atoms with van der Waals surface area (Å²) in [5.41, 5.74) is 5.99. The number of hydrogen-bond acceptors (Lipinski definition) is 2. The van der Waals surface area contributed by atoms with Crippen LogP contribution in [0.2, 0.25) is 5.02 Å². The standard InChI is InChI=1S/C28H23ClN2O/c29-26-13-12-24(28(32)31-18-4-7-27(31)23-14-16-30-17-15-23)19-25(26)22-10-8-21(9-11-22)20-5-2-1-3-6-20/h1-3,5-6,8-17,19,27H,4,7,18H2. The van der Waals surface area contributed by atoms with Gasteiger partial charge in [-0.3, -0.25) is 9.78 Å². The van der Waals surface area contributed by atoms with Crippen molar-refractivity contribution in [3.8, 4) is 22.3 Å². The average Bonchev–Trinajstić information content (AvgIpc) is 3.35. The average molecular weight is 439 g/mol. The first-order valence-corrected chi connectivity index (χ1v) is 11.2. The second-order valence-electron chi connectivity index (χ2n) is 8.08. The van der Waals surface area contributed by atoms with E-state index >= 15 is 0 Å². The molecule has 0 N–H and O–H groups in total. The van der Waals surface area contributed by atoms with E-state index in [-0.39, 0.29) is 11.9 Å². The molecule has 1 fully saturated rings. The minimum atomic E-state index is 0.0446. The Bertz CT molecular complexity index is 1220. The molecule has 1 atom stereocenters. The molecular formula is C28H23ClN2O. The normalized spacial score (nSPS) is 15.7. The van der Waals surface area contributed by atoms with Crippen molar-refractivity contribution >= 4 is 17.5 Å². The van der Waals surface area contributed by atoms with Crippen molar-refractivity contribution in [1.29, 1.82) is 0 Å². The van der Waals surface area contributed by atoms with Crippen LogP contribution in [-0.4, -0.2) is 22.3 Å². The summed E-state index contributed by atoms with van der Waals surface area (Å²) >= 11 is 6.54. The predicted molar refractivity (Wildman–Crippen MR) is 130 cm³/mol. The molecule has 0 aliphatic carbocycles. The molecule has 158 valence electrons. The molecule has 0 saturated carbocycles. The molecule has 0 radical (unpaired) electrons. The van der Waals surface area contributed by atoms with Crippen LogP contribution in [0.3, 0.4) is 0 Å². The lowest BCUT2D eigenvalue weighted by atomic mass is 9.98. The molecule has 1 aliphatic rings. The van der Waals surface area contributed by atoms with Gasteiger partial charge in [0.15, 0.2) is 0 Å². The lowest BCUT2D eigenvalue weighted by Crippen LogP contribution is -2.30. The highest BCUT2D eigenvalue weighted by Crippen LogP contribution is 2.35. The number of likely N-dealkylation sites (tertiary alicyclic amines) is 1. The van der Waals surface area contributed by atoms with Crippen molar-refractivity contribution in [1.82, 2.24) is 9.88 Å². The van der Waals surface area contributed by atoms with E-state index in [1.165, 1.54) is 5.56 Å². The van der Waals surface area contributed by atoms with E-state index in [9.17, 15) is 4.79 Å². The van der Waals surface area contributed by atoms with E-state index in [1.54, 1.807) is 12.4 Å². The Kier molecular flexibility index (Phi) is 5.74. The molecule has 32 heavy (non-hydrogen) atoms. The van der Waals surface area contributed by atoms with Gasteiger partial charge in [0.05, 0.1) is 6.04 Å². The van der Waals surface area contributed by atoms with E-state index in [1.807, 2.05) is 53.4 Å². The first-order chi connectivity index (χ1) is 15.7. The third-order valence-electron chi connectivity index (χ3n) is 6.12. The largest absolute Gasteiger partial charge is 0.332 e. The maximum Gasteiger partial charge on any atom is 0.254 e. The zero-order chi connectivity index (χ0) is 21.9. The van der Waals surface area contributed by atoms with Crippen LogP contribution < -0.4 is 0 Å². The molecular weight excluding hydrogens is 416 g/mol. The predicted octanol–water partition coefficient (Wildman–Crippen LogP) is 7.05. The maximum atomic E-state index is 13.4.